The fourth-order valence-electron chi connectivity index (χ4n) is 1.19. The molecule has 0 aromatic carbocycles. The Labute approximate surface area is 106 Å². The van der Waals surface area contributed by atoms with Gasteiger partial charge in [0.1, 0.15) is 4.99 Å². The van der Waals surface area contributed by atoms with E-state index in [-0.39, 0.29) is 0 Å². The first kappa shape index (κ1) is 13.8. The normalized spacial score (nSPS) is 10.2. The van der Waals surface area contributed by atoms with Crippen molar-refractivity contribution in [2.75, 3.05) is 38.8 Å². The molecule has 0 aliphatic heterocycles. The van der Waals surface area contributed by atoms with Gasteiger partial charge in [0.25, 0.3) is 0 Å². The molecule has 17 heavy (non-hydrogen) atoms. The highest BCUT2D eigenvalue weighted by Crippen LogP contribution is 2.07. The van der Waals surface area contributed by atoms with E-state index in [2.05, 4.69) is 10.3 Å². The molecule has 0 saturated heterocycles. The summed E-state index contributed by atoms with van der Waals surface area (Å²) in [5, 5.41) is 3.20. The number of aromatic nitrogens is 1. The number of pyridine rings is 1. The molecule has 0 radical (unpaired) electrons. The van der Waals surface area contributed by atoms with Gasteiger partial charge in [0, 0.05) is 25.5 Å². The Morgan fingerprint density at radius 1 is 1.47 bits per heavy atom. The van der Waals surface area contributed by atoms with E-state index < -0.39 is 0 Å². The number of rotatable bonds is 8. The van der Waals surface area contributed by atoms with Crippen LogP contribution in [0.1, 0.15) is 5.69 Å². The largest absolute Gasteiger partial charge is 0.388 e. The molecule has 0 aliphatic carbocycles. The van der Waals surface area contributed by atoms with Crippen molar-refractivity contribution in [3.8, 4) is 0 Å². The molecule has 1 aromatic heterocycles. The highest BCUT2D eigenvalue weighted by atomic mass is 32.1. The van der Waals surface area contributed by atoms with Gasteiger partial charge in [-0.1, -0.05) is 12.2 Å². The summed E-state index contributed by atoms with van der Waals surface area (Å²) in [7, 11) is 1.65. The van der Waals surface area contributed by atoms with Crippen LogP contribution in [0, 0.1) is 0 Å². The number of nitrogens with one attached hydrogen (secondary N) is 1. The zero-order chi connectivity index (χ0) is 12.5. The molecule has 0 saturated carbocycles. The predicted molar refractivity (Wildman–Crippen MR) is 71.3 cm³/mol. The van der Waals surface area contributed by atoms with E-state index in [1.807, 2.05) is 12.1 Å². The van der Waals surface area contributed by atoms with Gasteiger partial charge < -0.3 is 20.5 Å². The molecule has 1 rings (SSSR count). The van der Waals surface area contributed by atoms with E-state index in [0.717, 1.165) is 5.69 Å². The summed E-state index contributed by atoms with van der Waals surface area (Å²) in [6.07, 6.45) is 1.67. The average molecular weight is 255 g/mol. The first-order chi connectivity index (χ1) is 8.24. The Morgan fingerprint density at radius 2 is 2.29 bits per heavy atom. The van der Waals surface area contributed by atoms with Crippen LogP contribution in [0.2, 0.25) is 0 Å². The molecule has 6 heteroatoms. The minimum absolute atomic E-state index is 0.296. The topological polar surface area (TPSA) is 69.4 Å². The summed E-state index contributed by atoms with van der Waals surface area (Å²) < 4.78 is 10.2. The Bertz CT molecular complexity index is 360. The van der Waals surface area contributed by atoms with Gasteiger partial charge >= 0.3 is 0 Å². The van der Waals surface area contributed by atoms with Gasteiger partial charge in [-0.05, 0) is 12.1 Å². The zero-order valence-corrected chi connectivity index (χ0v) is 10.6. The lowest BCUT2D eigenvalue weighted by Crippen LogP contribution is -2.14. The van der Waals surface area contributed by atoms with E-state index in [9.17, 15) is 0 Å². The fraction of sp³-hybridized carbons (Fsp3) is 0.455. The third-order valence-corrected chi connectivity index (χ3v) is 2.23. The van der Waals surface area contributed by atoms with Crippen molar-refractivity contribution in [3.05, 3.63) is 24.0 Å². The lowest BCUT2D eigenvalue weighted by Gasteiger charge is -2.08. The number of nitrogens with zero attached hydrogens (tertiary/aromatic N) is 1. The van der Waals surface area contributed by atoms with Crippen molar-refractivity contribution in [2.24, 2.45) is 5.73 Å². The molecule has 1 heterocycles. The van der Waals surface area contributed by atoms with Crippen LogP contribution in [0.4, 0.5) is 5.69 Å². The van der Waals surface area contributed by atoms with Crippen LogP contribution in [0.15, 0.2) is 18.3 Å². The van der Waals surface area contributed by atoms with Gasteiger partial charge in [-0.3, -0.25) is 4.98 Å². The van der Waals surface area contributed by atoms with Crippen molar-refractivity contribution >= 4 is 22.9 Å². The number of hydrogen-bond donors (Lipinski definition) is 2. The van der Waals surface area contributed by atoms with Crippen LogP contribution >= 0.6 is 12.2 Å². The first-order valence-corrected chi connectivity index (χ1v) is 5.71. The number of methoxy groups -OCH3 is 1. The predicted octanol–water partition coefficient (Wildman–Crippen LogP) is 0.791. The maximum absolute atomic E-state index is 5.49. The third kappa shape index (κ3) is 5.58. The minimum atomic E-state index is 0.296. The summed E-state index contributed by atoms with van der Waals surface area (Å²) >= 11 is 4.85. The summed E-state index contributed by atoms with van der Waals surface area (Å²) in [6.45, 7) is 2.55. The Balaban J connectivity index is 2.27. The zero-order valence-electron chi connectivity index (χ0n) is 9.81. The van der Waals surface area contributed by atoms with E-state index in [1.54, 1.807) is 13.3 Å². The maximum Gasteiger partial charge on any atom is 0.122 e. The van der Waals surface area contributed by atoms with Gasteiger partial charge in [-0.25, -0.2) is 0 Å². The first-order valence-electron chi connectivity index (χ1n) is 5.30. The molecule has 0 atom stereocenters. The van der Waals surface area contributed by atoms with Crippen LogP contribution in [-0.2, 0) is 9.47 Å². The van der Waals surface area contributed by atoms with E-state index in [1.165, 1.54) is 0 Å². The Hall–Kier alpha value is -1.24. The summed E-state index contributed by atoms with van der Waals surface area (Å²) in [5.74, 6) is 0. The summed E-state index contributed by atoms with van der Waals surface area (Å²) in [5.41, 5.74) is 7.04. The minimum Gasteiger partial charge on any atom is -0.388 e. The van der Waals surface area contributed by atoms with Gasteiger partial charge in [0.15, 0.2) is 0 Å². The van der Waals surface area contributed by atoms with Crippen LogP contribution in [0.25, 0.3) is 0 Å². The number of thiocarbonyl (C=S) groups is 1. The average Bonchev–Trinajstić information content (AvgIpc) is 2.34. The standard InChI is InChI=1S/C11H17N3O2S/c1-15-6-7-16-5-4-13-9-2-3-14-10(8-9)11(12)17/h2-3,8H,4-7H2,1H3,(H2,12,17)(H,13,14). The quantitative estimate of drug-likeness (QED) is 0.529. The van der Waals surface area contributed by atoms with Crippen LogP contribution in [0.5, 0.6) is 0 Å². The third-order valence-electron chi connectivity index (χ3n) is 2.02. The number of nitrogens with two attached hydrogens (primary N) is 1. The van der Waals surface area contributed by atoms with Crippen LogP contribution < -0.4 is 11.1 Å². The second-order valence-corrected chi connectivity index (χ2v) is 3.77. The van der Waals surface area contributed by atoms with Gasteiger partial charge in [-0.15, -0.1) is 0 Å². The highest BCUT2D eigenvalue weighted by Gasteiger charge is 1.99. The SMILES string of the molecule is COCCOCCNc1ccnc(C(N)=S)c1. The lowest BCUT2D eigenvalue weighted by molar-refractivity contribution is 0.0759. The fourth-order valence-corrected chi connectivity index (χ4v) is 1.30. The summed E-state index contributed by atoms with van der Waals surface area (Å²) in [6, 6.07) is 3.68. The van der Waals surface area contributed by atoms with Crippen molar-refractivity contribution in [1.29, 1.82) is 0 Å². The number of ether oxygens (including phenoxy) is 2. The smallest absolute Gasteiger partial charge is 0.122 e. The molecular formula is C11H17N3O2S. The number of anilines is 1. The molecule has 0 spiro atoms. The van der Waals surface area contributed by atoms with Crippen molar-refractivity contribution in [3.63, 3.8) is 0 Å². The van der Waals surface area contributed by atoms with E-state index >= 15 is 0 Å². The molecule has 3 N–H and O–H groups in total. The molecule has 1 aromatic rings. The van der Waals surface area contributed by atoms with Gasteiger partial charge in [0.2, 0.25) is 0 Å². The van der Waals surface area contributed by atoms with Crippen molar-refractivity contribution in [2.45, 2.75) is 0 Å². The van der Waals surface area contributed by atoms with Gasteiger partial charge in [-0.2, -0.15) is 0 Å². The molecule has 0 unspecified atom stereocenters. The lowest BCUT2D eigenvalue weighted by atomic mass is 10.3. The second kappa shape index (κ2) is 7.94. The van der Waals surface area contributed by atoms with E-state index in [0.29, 0.717) is 37.0 Å². The maximum atomic E-state index is 5.49. The Kier molecular flexibility index (Phi) is 6.46. The summed E-state index contributed by atoms with van der Waals surface area (Å²) in [4.78, 5) is 4.35. The van der Waals surface area contributed by atoms with Crippen molar-refractivity contribution in [1.82, 2.24) is 4.98 Å². The highest BCUT2D eigenvalue weighted by molar-refractivity contribution is 7.80. The molecule has 94 valence electrons. The van der Waals surface area contributed by atoms with Crippen LogP contribution in [-0.4, -0.2) is 43.4 Å². The monoisotopic (exact) mass is 255 g/mol. The van der Waals surface area contributed by atoms with Crippen molar-refractivity contribution < 1.29 is 9.47 Å². The number of hydrogen-bond acceptors (Lipinski definition) is 5. The molecular weight excluding hydrogens is 238 g/mol. The van der Waals surface area contributed by atoms with E-state index in [4.69, 9.17) is 27.4 Å². The molecule has 0 aliphatic rings. The van der Waals surface area contributed by atoms with Gasteiger partial charge in [0.05, 0.1) is 25.5 Å². The van der Waals surface area contributed by atoms with Crippen LogP contribution in [0.3, 0.4) is 0 Å². The molecule has 0 bridgehead atoms. The molecule has 5 nitrogen and oxygen atoms in total. The molecule has 0 amide bonds. The second-order valence-electron chi connectivity index (χ2n) is 3.33. The molecule has 0 fully saturated rings. The Morgan fingerprint density at radius 3 is 3.00 bits per heavy atom.